The summed E-state index contributed by atoms with van der Waals surface area (Å²) < 4.78 is 41.7. The van der Waals surface area contributed by atoms with E-state index in [0.717, 1.165) is 44.5 Å². The number of rotatable bonds is 9. The first-order valence-corrected chi connectivity index (χ1v) is 13.8. The van der Waals surface area contributed by atoms with Gasteiger partial charge in [0, 0.05) is 13.6 Å². The highest BCUT2D eigenvalue weighted by Gasteiger charge is 2.26. The highest BCUT2D eigenvalue weighted by molar-refractivity contribution is 7.89. The molecule has 0 radical (unpaired) electrons. The third-order valence-corrected chi connectivity index (χ3v) is 9.07. The van der Waals surface area contributed by atoms with Gasteiger partial charge in [-0.1, -0.05) is 60.7 Å². The summed E-state index contributed by atoms with van der Waals surface area (Å²) in [5.74, 6) is 0.343. The van der Waals surface area contributed by atoms with E-state index in [4.69, 9.17) is 0 Å². The van der Waals surface area contributed by atoms with Crippen molar-refractivity contribution in [3.63, 3.8) is 0 Å². The van der Waals surface area contributed by atoms with Crippen molar-refractivity contribution >= 4 is 10.0 Å². The molecule has 0 aliphatic carbocycles. The second kappa shape index (κ2) is 11.5. The van der Waals surface area contributed by atoms with Gasteiger partial charge < -0.3 is 4.90 Å². The molecule has 0 amide bonds. The van der Waals surface area contributed by atoms with Gasteiger partial charge in [-0.25, -0.2) is 17.1 Å². The summed E-state index contributed by atoms with van der Waals surface area (Å²) in [6.07, 6.45) is 3.08. The lowest BCUT2D eigenvalue weighted by Crippen LogP contribution is -2.36. The lowest BCUT2D eigenvalue weighted by Gasteiger charge is -2.33. The fraction of sp³-hybridized carbons (Fsp3) is 0.379. The van der Waals surface area contributed by atoms with E-state index in [9.17, 15) is 12.8 Å². The van der Waals surface area contributed by atoms with E-state index in [0.29, 0.717) is 22.9 Å². The molecule has 186 valence electrons. The van der Waals surface area contributed by atoms with Gasteiger partial charge in [0.2, 0.25) is 10.0 Å². The Morgan fingerprint density at radius 1 is 0.971 bits per heavy atom. The minimum atomic E-state index is -3.60. The Balaban J connectivity index is 1.44. The van der Waals surface area contributed by atoms with Crippen LogP contribution in [-0.4, -0.2) is 50.8 Å². The van der Waals surface area contributed by atoms with Crippen LogP contribution in [0.4, 0.5) is 4.39 Å². The standard InChI is InChI=1S/C29H35FN2O2S/c1-23-21-26(13-14-29(23)30)27(22-31(2)35(33,34)28-11-7-4-8-12-28)17-20-32-18-15-25(16-19-32)24-9-5-3-6-10-24/h3-14,21,25,27H,15-20,22H2,1-2H3/t27-/m0/s1. The first-order valence-electron chi connectivity index (χ1n) is 12.4. The van der Waals surface area contributed by atoms with E-state index in [2.05, 4.69) is 35.2 Å². The highest BCUT2D eigenvalue weighted by Crippen LogP contribution is 2.30. The fourth-order valence-electron chi connectivity index (χ4n) is 5.02. The molecule has 1 aliphatic heterocycles. The Kier molecular flexibility index (Phi) is 8.37. The second-order valence-electron chi connectivity index (χ2n) is 9.62. The molecule has 3 aromatic rings. The zero-order valence-corrected chi connectivity index (χ0v) is 21.4. The van der Waals surface area contributed by atoms with Crippen LogP contribution in [0.2, 0.25) is 0 Å². The molecule has 0 unspecified atom stereocenters. The smallest absolute Gasteiger partial charge is 0.242 e. The number of piperidine rings is 1. The summed E-state index contributed by atoms with van der Waals surface area (Å²) in [6, 6.07) is 24.4. The Hall–Kier alpha value is -2.54. The molecule has 4 rings (SSSR count). The van der Waals surface area contributed by atoms with E-state index < -0.39 is 10.0 Å². The Morgan fingerprint density at radius 3 is 2.23 bits per heavy atom. The van der Waals surface area contributed by atoms with Crippen molar-refractivity contribution in [2.24, 2.45) is 0 Å². The number of likely N-dealkylation sites (tertiary alicyclic amines) is 1. The van der Waals surface area contributed by atoms with Crippen LogP contribution >= 0.6 is 0 Å². The molecular formula is C29H35FN2O2S. The molecule has 3 aromatic carbocycles. The van der Waals surface area contributed by atoms with Gasteiger partial charge in [-0.05, 0) is 92.5 Å². The van der Waals surface area contributed by atoms with Crippen molar-refractivity contribution in [1.82, 2.24) is 9.21 Å². The first-order chi connectivity index (χ1) is 16.8. The van der Waals surface area contributed by atoms with Gasteiger partial charge in [-0.15, -0.1) is 0 Å². The predicted octanol–water partition coefficient (Wildman–Crippen LogP) is 5.81. The number of nitrogens with zero attached hydrogens (tertiary/aromatic N) is 2. The maximum Gasteiger partial charge on any atom is 0.242 e. The Bertz CT molecular complexity index is 1190. The predicted molar refractivity (Wildman–Crippen MR) is 140 cm³/mol. The molecule has 0 bridgehead atoms. The van der Waals surface area contributed by atoms with Gasteiger partial charge >= 0.3 is 0 Å². The Morgan fingerprint density at radius 2 is 1.60 bits per heavy atom. The van der Waals surface area contributed by atoms with Crippen LogP contribution in [0.15, 0.2) is 83.8 Å². The van der Waals surface area contributed by atoms with Crippen LogP contribution in [-0.2, 0) is 10.0 Å². The molecule has 0 spiro atoms. The molecule has 35 heavy (non-hydrogen) atoms. The maximum absolute atomic E-state index is 14.0. The quantitative estimate of drug-likeness (QED) is 0.377. The van der Waals surface area contributed by atoms with Crippen molar-refractivity contribution in [2.45, 2.75) is 42.9 Å². The number of aryl methyl sites for hydroxylation is 1. The van der Waals surface area contributed by atoms with E-state index in [1.54, 1.807) is 44.3 Å². The molecule has 6 heteroatoms. The van der Waals surface area contributed by atoms with Crippen LogP contribution in [0, 0.1) is 12.7 Å². The number of hydrogen-bond acceptors (Lipinski definition) is 3. The van der Waals surface area contributed by atoms with Gasteiger partial charge in [0.05, 0.1) is 4.90 Å². The molecule has 1 fully saturated rings. The Labute approximate surface area is 209 Å². The summed E-state index contributed by atoms with van der Waals surface area (Å²) in [6.45, 7) is 5.07. The summed E-state index contributed by atoms with van der Waals surface area (Å²) in [5, 5.41) is 0. The van der Waals surface area contributed by atoms with Crippen molar-refractivity contribution in [3.8, 4) is 0 Å². The fourth-order valence-corrected chi connectivity index (χ4v) is 6.26. The lowest BCUT2D eigenvalue weighted by atomic mass is 9.89. The van der Waals surface area contributed by atoms with E-state index in [1.165, 1.54) is 15.9 Å². The minimum absolute atomic E-state index is 0.0235. The maximum atomic E-state index is 14.0. The van der Waals surface area contributed by atoms with E-state index in [1.807, 2.05) is 12.1 Å². The second-order valence-corrected chi connectivity index (χ2v) is 11.7. The van der Waals surface area contributed by atoms with E-state index >= 15 is 0 Å². The van der Waals surface area contributed by atoms with E-state index in [-0.39, 0.29) is 11.7 Å². The normalized spacial score (nSPS) is 16.5. The zero-order valence-electron chi connectivity index (χ0n) is 20.6. The zero-order chi connectivity index (χ0) is 24.8. The van der Waals surface area contributed by atoms with Crippen molar-refractivity contribution in [1.29, 1.82) is 0 Å². The monoisotopic (exact) mass is 494 g/mol. The third-order valence-electron chi connectivity index (χ3n) is 7.23. The van der Waals surface area contributed by atoms with Crippen molar-refractivity contribution in [2.75, 3.05) is 33.2 Å². The molecule has 0 N–H and O–H groups in total. The molecule has 0 saturated carbocycles. The number of likely N-dealkylation sites (N-methyl/N-ethyl adjacent to an activating group) is 1. The summed E-state index contributed by atoms with van der Waals surface area (Å²) in [5.41, 5.74) is 2.99. The van der Waals surface area contributed by atoms with Crippen LogP contribution in [0.25, 0.3) is 0 Å². The SMILES string of the molecule is Cc1cc([C@@H](CCN2CCC(c3ccccc3)CC2)CN(C)S(=O)(=O)c2ccccc2)ccc1F. The van der Waals surface area contributed by atoms with Crippen LogP contribution in [0.5, 0.6) is 0 Å². The van der Waals surface area contributed by atoms with Gasteiger partial charge in [-0.3, -0.25) is 0 Å². The number of benzene rings is 3. The van der Waals surface area contributed by atoms with Crippen molar-refractivity contribution < 1.29 is 12.8 Å². The average Bonchev–Trinajstić information content (AvgIpc) is 2.89. The molecule has 1 aliphatic rings. The number of halogens is 1. The summed E-state index contributed by atoms with van der Waals surface area (Å²) >= 11 is 0. The van der Waals surface area contributed by atoms with Gasteiger partial charge in [-0.2, -0.15) is 0 Å². The van der Waals surface area contributed by atoms with Crippen molar-refractivity contribution in [3.05, 3.63) is 101 Å². The topological polar surface area (TPSA) is 40.6 Å². The minimum Gasteiger partial charge on any atom is -0.303 e. The summed E-state index contributed by atoms with van der Waals surface area (Å²) in [4.78, 5) is 2.77. The molecule has 1 atom stereocenters. The first kappa shape index (κ1) is 25.5. The lowest BCUT2D eigenvalue weighted by molar-refractivity contribution is 0.203. The van der Waals surface area contributed by atoms with Gasteiger partial charge in [0.15, 0.2) is 0 Å². The molecule has 1 heterocycles. The van der Waals surface area contributed by atoms with Crippen LogP contribution in [0.3, 0.4) is 0 Å². The van der Waals surface area contributed by atoms with Gasteiger partial charge in [0.1, 0.15) is 5.82 Å². The molecule has 1 saturated heterocycles. The third kappa shape index (κ3) is 6.37. The van der Waals surface area contributed by atoms with Gasteiger partial charge in [0.25, 0.3) is 0 Å². The average molecular weight is 495 g/mol. The largest absolute Gasteiger partial charge is 0.303 e. The number of hydrogen-bond donors (Lipinski definition) is 0. The number of sulfonamides is 1. The molecule has 0 aromatic heterocycles. The summed E-state index contributed by atoms with van der Waals surface area (Å²) in [7, 11) is -1.96. The van der Waals surface area contributed by atoms with Crippen LogP contribution in [0.1, 0.15) is 47.8 Å². The van der Waals surface area contributed by atoms with Crippen LogP contribution < -0.4 is 0 Å². The molecule has 4 nitrogen and oxygen atoms in total. The highest BCUT2D eigenvalue weighted by atomic mass is 32.2. The molecular weight excluding hydrogens is 459 g/mol.